The summed E-state index contributed by atoms with van der Waals surface area (Å²) in [6.45, 7) is 1.75. The third-order valence-electron chi connectivity index (χ3n) is 5.30. The summed E-state index contributed by atoms with van der Waals surface area (Å²) < 4.78 is 54.6. The second kappa shape index (κ2) is 9.67. The van der Waals surface area contributed by atoms with Crippen molar-refractivity contribution in [2.75, 3.05) is 5.32 Å². The minimum atomic E-state index is -4.54. The first-order valence-corrected chi connectivity index (χ1v) is 10.7. The summed E-state index contributed by atoms with van der Waals surface area (Å²) in [7, 11) is 0. The SMILES string of the molecule is Cc1c(/C=N\NC(=S)Nc2ccccc2C(F)(F)F)c2ccccn2c1C(=O)c1ccc(F)cc1. The number of ketones is 1. The molecular weight excluding hydrogens is 480 g/mol. The molecule has 2 aromatic heterocycles. The summed E-state index contributed by atoms with van der Waals surface area (Å²) in [4.78, 5) is 13.2. The molecule has 35 heavy (non-hydrogen) atoms. The Balaban J connectivity index is 1.59. The average Bonchev–Trinajstić information content (AvgIpc) is 3.10. The van der Waals surface area contributed by atoms with Gasteiger partial charge in [0, 0.05) is 17.3 Å². The van der Waals surface area contributed by atoms with E-state index in [0.717, 1.165) is 6.07 Å². The van der Waals surface area contributed by atoms with Crippen molar-refractivity contribution in [3.8, 4) is 0 Å². The lowest BCUT2D eigenvalue weighted by atomic mass is 10.0. The molecule has 178 valence electrons. The fourth-order valence-electron chi connectivity index (χ4n) is 3.68. The zero-order valence-electron chi connectivity index (χ0n) is 18.2. The summed E-state index contributed by atoms with van der Waals surface area (Å²) in [5.41, 5.74) is 4.08. The number of fused-ring (bicyclic) bond motifs is 1. The van der Waals surface area contributed by atoms with Crippen LogP contribution in [0.2, 0.25) is 0 Å². The van der Waals surface area contributed by atoms with Gasteiger partial charge >= 0.3 is 6.18 Å². The Kier molecular flexibility index (Phi) is 6.65. The predicted molar refractivity (Wildman–Crippen MR) is 130 cm³/mol. The smallest absolute Gasteiger partial charge is 0.331 e. The van der Waals surface area contributed by atoms with Crippen molar-refractivity contribution in [3.63, 3.8) is 0 Å². The maximum atomic E-state index is 13.3. The predicted octanol–water partition coefficient (Wildman–Crippen LogP) is 5.96. The van der Waals surface area contributed by atoms with Crippen molar-refractivity contribution in [1.29, 1.82) is 0 Å². The van der Waals surface area contributed by atoms with E-state index >= 15 is 0 Å². The van der Waals surface area contributed by atoms with Gasteiger partial charge in [0.25, 0.3) is 0 Å². The second-order valence-corrected chi connectivity index (χ2v) is 7.95. The number of pyridine rings is 1. The molecule has 0 amide bonds. The van der Waals surface area contributed by atoms with Gasteiger partial charge in [-0.1, -0.05) is 18.2 Å². The molecule has 0 radical (unpaired) electrons. The summed E-state index contributed by atoms with van der Waals surface area (Å²) >= 11 is 5.09. The Bertz CT molecular complexity index is 1440. The van der Waals surface area contributed by atoms with Gasteiger partial charge in [0.2, 0.25) is 5.78 Å². The molecule has 4 rings (SSSR count). The molecule has 2 aromatic carbocycles. The van der Waals surface area contributed by atoms with Crippen LogP contribution in [0.25, 0.3) is 5.52 Å². The molecule has 0 saturated carbocycles. The highest BCUT2D eigenvalue weighted by Crippen LogP contribution is 2.34. The maximum Gasteiger partial charge on any atom is 0.418 e. The highest BCUT2D eigenvalue weighted by atomic mass is 32.1. The topological polar surface area (TPSA) is 57.9 Å². The molecule has 5 nitrogen and oxygen atoms in total. The first-order chi connectivity index (χ1) is 16.7. The molecule has 10 heteroatoms. The van der Waals surface area contributed by atoms with E-state index in [-0.39, 0.29) is 16.6 Å². The van der Waals surface area contributed by atoms with Crippen molar-refractivity contribution in [2.45, 2.75) is 13.1 Å². The van der Waals surface area contributed by atoms with Gasteiger partial charge in [-0.05, 0) is 73.2 Å². The molecule has 0 spiro atoms. The number of halogens is 4. The van der Waals surface area contributed by atoms with Gasteiger partial charge in [0.1, 0.15) is 5.82 Å². The number of nitrogens with one attached hydrogen (secondary N) is 2. The molecule has 4 aromatic rings. The van der Waals surface area contributed by atoms with Crippen LogP contribution in [-0.4, -0.2) is 21.5 Å². The van der Waals surface area contributed by atoms with Crippen molar-refractivity contribution in [2.24, 2.45) is 5.10 Å². The Labute approximate surface area is 203 Å². The lowest BCUT2D eigenvalue weighted by Gasteiger charge is -2.14. The van der Waals surface area contributed by atoms with Crippen molar-refractivity contribution < 1.29 is 22.4 Å². The molecule has 0 aliphatic rings. The van der Waals surface area contributed by atoms with E-state index in [1.54, 1.807) is 35.7 Å². The van der Waals surface area contributed by atoms with Crippen LogP contribution in [-0.2, 0) is 6.18 Å². The summed E-state index contributed by atoms with van der Waals surface area (Å²) in [5, 5.41) is 6.43. The van der Waals surface area contributed by atoms with Crippen LogP contribution in [0.1, 0.15) is 32.7 Å². The van der Waals surface area contributed by atoms with Crippen molar-refractivity contribution >= 4 is 40.5 Å². The maximum absolute atomic E-state index is 13.3. The molecule has 2 heterocycles. The number of hydrogen-bond donors (Lipinski definition) is 2. The molecule has 0 bridgehead atoms. The van der Waals surface area contributed by atoms with Crippen LogP contribution in [0.3, 0.4) is 0 Å². The lowest BCUT2D eigenvalue weighted by Crippen LogP contribution is -2.25. The van der Waals surface area contributed by atoms with Crippen LogP contribution in [0, 0.1) is 12.7 Å². The van der Waals surface area contributed by atoms with Gasteiger partial charge < -0.3 is 9.72 Å². The van der Waals surface area contributed by atoms with Gasteiger partial charge in [0.15, 0.2) is 5.11 Å². The monoisotopic (exact) mass is 498 g/mol. The van der Waals surface area contributed by atoms with Crippen LogP contribution < -0.4 is 10.7 Å². The van der Waals surface area contributed by atoms with Crippen LogP contribution in [0.4, 0.5) is 23.2 Å². The molecule has 0 aliphatic carbocycles. The van der Waals surface area contributed by atoms with E-state index in [0.29, 0.717) is 27.9 Å². The number of alkyl halides is 3. The van der Waals surface area contributed by atoms with Crippen LogP contribution >= 0.6 is 12.2 Å². The van der Waals surface area contributed by atoms with E-state index in [2.05, 4.69) is 15.8 Å². The molecule has 0 unspecified atom stereocenters. The van der Waals surface area contributed by atoms with Gasteiger partial charge in [-0.25, -0.2) is 4.39 Å². The summed E-state index contributed by atoms with van der Waals surface area (Å²) in [6, 6.07) is 15.6. The van der Waals surface area contributed by atoms with E-state index < -0.39 is 17.6 Å². The number of aromatic nitrogens is 1. The minimum absolute atomic E-state index is 0.137. The minimum Gasteiger partial charge on any atom is -0.331 e. The van der Waals surface area contributed by atoms with Gasteiger partial charge in [-0.3, -0.25) is 10.2 Å². The fourth-order valence-corrected chi connectivity index (χ4v) is 3.85. The number of thiocarbonyl (C=S) groups is 1. The van der Waals surface area contributed by atoms with E-state index in [9.17, 15) is 22.4 Å². The van der Waals surface area contributed by atoms with E-state index in [1.807, 2.05) is 0 Å². The molecule has 0 aliphatic heterocycles. The number of benzene rings is 2. The number of rotatable bonds is 5. The van der Waals surface area contributed by atoms with Gasteiger partial charge in [-0.15, -0.1) is 0 Å². The van der Waals surface area contributed by atoms with Crippen molar-refractivity contribution in [3.05, 3.63) is 107 Å². The molecule has 0 fully saturated rings. The number of anilines is 1. The largest absolute Gasteiger partial charge is 0.418 e. The number of carbonyl (C=O) groups is 1. The summed E-state index contributed by atoms with van der Waals surface area (Å²) in [5.74, 6) is -0.739. The van der Waals surface area contributed by atoms with Gasteiger partial charge in [0.05, 0.1) is 28.7 Å². The van der Waals surface area contributed by atoms with Gasteiger partial charge in [-0.2, -0.15) is 18.3 Å². The molecule has 0 saturated heterocycles. The molecular formula is C25H18F4N4OS. The average molecular weight is 499 g/mol. The number of nitrogens with zero attached hydrogens (tertiary/aromatic N) is 2. The van der Waals surface area contributed by atoms with Crippen LogP contribution in [0.15, 0.2) is 78.0 Å². The highest BCUT2D eigenvalue weighted by molar-refractivity contribution is 7.80. The third kappa shape index (κ3) is 5.07. The van der Waals surface area contributed by atoms with E-state index in [1.165, 1.54) is 48.7 Å². The summed E-state index contributed by atoms with van der Waals surface area (Å²) in [6.07, 6.45) is -1.38. The fraction of sp³-hybridized carbons (Fsp3) is 0.0800. The Morgan fingerprint density at radius 2 is 1.71 bits per heavy atom. The highest BCUT2D eigenvalue weighted by Gasteiger charge is 2.33. The third-order valence-corrected chi connectivity index (χ3v) is 5.49. The standard InChI is InChI=1S/C25H18F4N4OS/c1-15-18(14-30-32-24(35)31-20-7-3-2-6-19(20)25(27,28)29)21-8-4-5-13-33(21)22(15)23(34)16-9-11-17(26)12-10-16/h2-14H,1H3,(H2,31,32,35)/b30-14-. The van der Waals surface area contributed by atoms with E-state index in [4.69, 9.17) is 12.2 Å². The van der Waals surface area contributed by atoms with Crippen molar-refractivity contribution in [1.82, 2.24) is 9.83 Å². The zero-order chi connectivity index (χ0) is 25.2. The Hall–Kier alpha value is -4.05. The molecule has 2 N–H and O–H groups in total. The first-order valence-electron chi connectivity index (χ1n) is 10.3. The number of hydrazone groups is 1. The van der Waals surface area contributed by atoms with Crippen LogP contribution in [0.5, 0.6) is 0 Å². The Morgan fingerprint density at radius 1 is 1.03 bits per heavy atom. The second-order valence-electron chi connectivity index (χ2n) is 7.55. The zero-order valence-corrected chi connectivity index (χ0v) is 19.0. The Morgan fingerprint density at radius 3 is 2.43 bits per heavy atom. The quantitative estimate of drug-likeness (QED) is 0.117. The lowest BCUT2D eigenvalue weighted by molar-refractivity contribution is -0.136. The normalized spacial score (nSPS) is 11.7. The number of para-hydroxylation sites is 1. The number of hydrogen-bond acceptors (Lipinski definition) is 3. The molecule has 0 atom stereocenters. The number of carbonyl (C=O) groups excluding carboxylic acids is 1. The first kappa shape index (κ1) is 24.1.